The molecule has 0 saturated heterocycles. The topological polar surface area (TPSA) is 46.5 Å². The first kappa shape index (κ1) is 7.65. The van der Waals surface area contributed by atoms with Gasteiger partial charge in [-0.05, 0) is 25.3 Å². The summed E-state index contributed by atoms with van der Waals surface area (Å²) in [6.45, 7) is 0. The fraction of sp³-hybridized carbons (Fsp3) is 0.667. The Hall–Kier alpha value is -0.990. The summed E-state index contributed by atoms with van der Waals surface area (Å²) in [5.74, 6) is -0.547. The molecule has 1 aliphatic heterocycles. The standard InChI is InChI=1S/C9H12O3/c10-8(11)9(7-3-4-7)5-1-2-6-12-9/h2,6-7H,1,3-5H2,(H,10,11)/t9-/m0/s1. The lowest BCUT2D eigenvalue weighted by Crippen LogP contribution is -2.43. The number of allylic oxidation sites excluding steroid dienone is 1. The molecule has 0 aromatic carbocycles. The second-order valence-electron chi connectivity index (χ2n) is 3.50. The van der Waals surface area contributed by atoms with Crippen LogP contribution in [0.5, 0.6) is 0 Å². The molecule has 1 heterocycles. The van der Waals surface area contributed by atoms with E-state index in [1.165, 1.54) is 6.26 Å². The van der Waals surface area contributed by atoms with Crippen LogP contribution in [0.2, 0.25) is 0 Å². The average molecular weight is 168 g/mol. The maximum absolute atomic E-state index is 11.0. The predicted octanol–water partition coefficient (Wildman–Crippen LogP) is 1.54. The first-order valence-electron chi connectivity index (χ1n) is 4.32. The molecule has 1 fully saturated rings. The molecule has 1 aliphatic carbocycles. The van der Waals surface area contributed by atoms with Crippen LogP contribution in [0.1, 0.15) is 25.7 Å². The molecule has 1 saturated carbocycles. The monoisotopic (exact) mass is 168 g/mol. The lowest BCUT2D eigenvalue weighted by molar-refractivity contribution is -0.163. The Kier molecular flexibility index (Phi) is 1.60. The van der Waals surface area contributed by atoms with E-state index in [0.29, 0.717) is 6.42 Å². The highest BCUT2D eigenvalue weighted by Crippen LogP contribution is 2.46. The van der Waals surface area contributed by atoms with E-state index in [9.17, 15) is 4.79 Å². The van der Waals surface area contributed by atoms with Crippen LogP contribution in [0, 0.1) is 5.92 Å². The van der Waals surface area contributed by atoms with Gasteiger partial charge in [0.1, 0.15) is 0 Å². The number of hydrogen-bond acceptors (Lipinski definition) is 2. The number of carboxylic acid groups (broad SMARTS) is 1. The Morgan fingerprint density at radius 3 is 2.75 bits per heavy atom. The van der Waals surface area contributed by atoms with Gasteiger partial charge in [0.15, 0.2) is 0 Å². The summed E-state index contributed by atoms with van der Waals surface area (Å²) in [7, 11) is 0. The van der Waals surface area contributed by atoms with Crippen LogP contribution in [0.25, 0.3) is 0 Å². The van der Waals surface area contributed by atoms with Crippen molar-refractivity contribution >= 4 is 5.97 Å². The molecule has 0 spiro atoms. The molecular weight excluding hydrogens is 156 g/mol. The van der Waals surface area contributed by atoms with Crippen LogP contribution in [0.4, 0.5) is 0 Å². The average Bonchev–Trinajstić information content (AvgIpc) is 2.88. The van der Waals surface area contributed by atoms with E-state index in [1.54, 1.807) is 0 Å². The molecule has 0 aromatic rings. The van der Waals surface area contributed by atoms with Gasteiger partial charge < -0.3 is 9.84 Å². The summed E-state index contributed by atoms with van der Waals surface area (Å²) in [4.78, 5) is 11.0. The fourth-order valence-corrected chi connectivity index (χ4v) is 1.78. The van der Waals surface area contributed by atoms with Gasteiger partial charge in [-0.3, -0.25) is 0 Å². The Morgan fingerprint density at radius 1 is 1.58 bits per heavy atom. The quantitative estimate of drug-likeness (QED) is 0.680. The van der Waals surface area contributed by atoms with Crippen molar-refractivity contribution < 1.29 is 14.6 Å². The minimum Gasteiger partial charge on any atom is -0.483 e. The van der Waals surface area contributed by atoms with Gasteiger partial charge in [-0.15, -0.1) is 0 Å². The summed E-state index contributed by atoms with van der Waals surface area (Å²) in [5, 5.41) is 9.04. The Balaban J connectivity index is 2.20. The summed E-state index contributed by atoms with van der Waals surface area (Å²) in [5.41, 5.74) is -0.880. The normalized spacial score (nSPS) is 34.3. The van der Waals surface area contributed by atoms with Crippen molar-refractivity contribution in [2.24, 2.45) is 5.92 Å². The molecule has 3 heteroatoms. The van der Waals surface area contributed by atoms with Crippen molar-refractivity contribution in [2.45, 2.75) is 31.3 Å². The lowest BCUT2D eigenvalue weighted by atomic mass is 9.90. The van der Waals surface area contributed by atoms with Crippen LogP contribution in [-0.2, 0) is 9.53 Å². The number of hydrogen-bond donors (Lipinski definition) is 1. The Labute approximate surface area is 71.0 Å². The van der Waals surface area contributed by atoms with E-state index in [-0.39, 0.29) is 5.92 Å². The van der Waals surface area contributed by atoms with E-state index in [4.69, 9.17) is 9.84 Å². The van der Waals surface area contributed by atoms with Gasteiger partial charge in [0.25, 0.3) is 0 Å². The molecule has 2 rings (SSSR count). The molecule has 0 aromatic heterocycles. The molecule has 0 amide bonds. The summed E-state index contributed by atoms with van der Waals surface area (Å²) in [6, 6.07) is 0. The second kappa shape index (κ2) is 2.51. The van der Waals surface area contributed by atoms with Crippen LogP contribution in [0.15, 0.2) is 12.3 Å². The van der Waals surface area contributed by atoms with Crippen LogP contribution in [-0.4, -0.2) is 16.7 Å². The van der Waals surface area contributed by atoms with Crippen molar-refractivity contribution in [1.29, 1.82) is 0 Å². The van der Waals surface area contributed by atoms with E-state index in [0.717, 1.165) is 19.3 Å². The fourth-order valence-electron chi connectivity index (χ4n) is 1.78. The van der Waals surface area contributed by atoms with E-state index < -0.39 is 11.6 Å². The number of rotatable bonds is 2. The van der Waals surface area contributed by atoms with Crippen molar-refractivity contribution in [3.05, 3.63) is 12.3 Å². The Morgan fingerprint density at radius 2 is 2.33 bits per heavy atom. The highest BCUT2D eigenvalue weighted by atomic mass is 16.5. The second-order valence-corrected chi connectivity index (χ2v) is 3.50. The highest BCUT2D eigenvalue weighted by Gasteiger charge is 2.53. The zero-order valence-corrected chi connectivity index (χ0v) is 6.82. The Bertz CT molecular complexity index is 230. The van der Waals surface area contributed by atoms with Crippen molar-refractivity contribution in [2.75, 3.05) is 0 Å². The minimum absolute atomic E-state index is 0.250. The highest BCUT2D eigenvalue weighted by molar-refractivity contribution is 5.78. The SMILES string of the molecule is O=C(O)[C@@]1(C2CC2)CCC=CO1. The van der Waals surface area contributed by atoms with E-state index >= 15 is 0 Å². The van der Waals surface area contributed by atoms with Crippen LogP contribution >= 0.6 is 0 Å². The molecule has 1 N–H and O–H groups in total. The first-order valence-corrected chi connectivity index (χ1v) is 4.32. The van der Waals surface area contributed by atoms with Crippen molar-refractivity contribution in [1.82, 2.24) is 0 Å². The molecule has 0 unspecified atom stereocenters. The van der Waals surface area contributed by atoms with Gasteiger partial charge in [0, 0.05) is 12.3 Å². The van der Waals surface area contributed by atoms with Gasteiger partial charge in [0.05, 0.1) is 6.26 Å². The first-order chi connectivity index (χ1) is 5.76. The molecule has 3 nitrogen and oxygen atoms in total. The number of ether oxygens (including phenoxy) is 1. The van der Waals surface area contributed by atoms with Crippen molar-refractivity contribution in [3.63, 3.8) is 0 Å². The van der Waals surface area contributed by atoms with Gasteiger partial charge in [-0.25, -0.2) is 4.79 Å². The van der Waals surface area contributed by atoms with E-state index in [1.807, 2.05) is 6.08 Å². The smallest absolute Gasteiger partial charge is 0.348 e. The maximum Gasteiger partial charge on any atom is 0.348 e. The van der Waals surface area contributed by atoms with E-state index in [2.05, 4.69) is 0 Å². The zero-order chi connectivity index (χ0) is 8.60. The molecule has 12 heavy (non-hydrogen) atoms. The number of carboxylic acids is 1. The third kappa shape index (κ3) is 1.00. The van der Waals surface area contributed by atoms with Crippen LogP contribution < -0.4 is 0 Å². The minimum atomic E-state index is -0.880. The molecule has 66 valence electrons. The van der Waals surface area contributed by atoms with Gasteiger partial charge in [-0.1, -0.05) is 0 Å². The lowest BCUT2D eigenvalue weighted by Gasteiger charge is -2.30. The predicted molar refractivity (Wildman–Crippen MR) is 42.5 cm³/mol. The zero-order valence-electron chi connectivity index (χ0n) is 6.82. The molecule has 1 atom stereocenters. The largest absolute Gasteiger partial charge is 0.483 e. The maximum atomic E-state index is 11.0. The number of carbonyl (C=O) groups is 1. The van der Waals surface area contributed by atoms with Crippen LogP contribution in [0.3, 0.4) is 0 Å². The summed E-state index contributed by atoms with van der Waals surface area (Å²) >= 11 is 0. The summed E-state index contributed by atoms with van der Waals surface area (Å²) in [6.07, 6.45) is 6.87. The number of aliphatic carboxylic acids is 1. The molecule has 2 aliphatic rings. The molecule has 0 radical (unpaired) electrons. The third-order valence-electron chi connectivity index (χ3n) is 2.66. The van der Waals surface area contributed by atoms with Gasteiger partial charge in [-0.2, -0.15) is 0 Å². The summed E-state index contributed by atoms with van der Waals surface area (Å²) < 4.78 is 5.27. The van der Waals surface area contributed by atoms with Gasteiger partial charge in [0.2, 0.25) is 5.60 Å². The molecule has 0 bridgehead atoms. The van der Waals surface area contributed by atoms with Gasteiger partial charge >= 0.3 is 5.97 Å². The van der Waals surface area contributed by atoms with Crippen molar-refractivity contribution in [3.8, 4) is 0 Å². The molecular formula is C9H12O3. The third-order valence-corrected chi connectivity index (χ3v) is 2.66.